The minimum absolute atomic E-state index is 0.0891. The number of nitrogens with zero attached hydrogens (tertiary/aromatic N) is 2. The number of pyridine rings is 1. The Labute approximate surface area is 145 Å². The molecule has 1 saturated heterocycles. The van der Waals surface area contributed by atoms with E-state index < -0.39 is 0 Å². The van der Waals surface area contributed by atoms with Gasteiger partial charge in [0.05, 0.1) is 28.4 Å². The van der Waals surface area contributed by atoms with E-state index in [-0.39, 0.29) is 30.2 Å². The number of hydrogen-bond donors (Lipinski definition) is 1. The Kier molecular flexibility index (Phi) is 4.81. The topological polar surface area (TPSA) is 62.3 Å². The lowest BCUT2D eigenvalue weighted by Gasteiger charge is -2.19. The van der Waals surface area contributed by atoms with Crippen molar-refractivity contribution in [3.8, 4) is 0 Å². The molecule has 1 aliphatic rings. The monoisotopic (exact) mass is 343 g/mol. The van der Waals surface area contributed by atoms with Crippen LogP contribution in [0.4, 0.5) is 5.69 Å². The molecule has 5 nitrogen and oxygen atoms in total. The minimum atomic E-state index is -0.389. The fourth-order valence-corrected chi connectivity index (χ4v) is 3.06. The second-order valence-electron chi connectivity index (χ2n) is 5.84. The number of hydrogen-bond acceptors (Lipinski definition) is 3. The SMILES string of the molecule is C[C@@H](NC(=O)[C@@H]1CC(=O)N(c2ccccc2Cl)C1)c1ccccn1. The lowest BCUT2D eigenvalue weighted by Crippen LogP contribution is -2.34. The summed E-state index contributed by atoms with van der Waals surface area (Å²) >= 11 is 6.16. The minimum Gasteiger partial charge on any atom is -0.348 e. The average Bonchev–Trinajstić information content (AvgIpc) is 2.98. The van der Waals surface area contributed by atoms with Gasteiger partial charge in [0, 0.05) is 19.2 Å². The number of anilines is 1. The van der Waals surface area contributed by atoms with Gasteiger partial charge in [-0.25, -0.2) is 0 Å². The molecule has 0 spiro atoms. The Bertz CT molecular complexity index is 751. The van der Waals surface area contributed by atoms with Gasteiger partial charge in [-0.2, -0.15) is 0 Å². The average molecular weight is 344 g/mol. The summed E-state index contributed by atoms with van der Waals surface area (Å²) in [5, 5.41) is 3.44. The van der Waals surface area contributed by atoms with Crippen LogP contribution in [0.25, 0.3) is 0 Å². The molecule has 0 aliphatic carbocycles. The van der Waals surface area contributed by atoms with Crippen molar-refractivity contribution in [2.75, 3.05) is 11.4 Å². The fourth-order valence-electron chi connectivity index (χ4n) is 2.82. The number of rotatable bonds is 4. The van der Waals surface area contributed by atoms with Crippen LogP contribution in [0.1, 0.15) is 25.1 Å². The second kappa shape index (κ2) is 7.01. The van der Waals surface area contributed by atoms with Crippen LogP contribution in [0.2, 0.25) is 5.02 Å². The molecule has 1 aromatic heterocycles. The van der Waals surface area contributed by atoms with E-state index in [9.17, 15) is 9.59 Å². The van der Waals surface area contributed by atoms with Gasteiger partial charge in [0.25, 0.3) is 0 Å². The van der Waals surface area contributed by atoms with Crippen LogP contribution < -0.4 is 10.2 Å². The van der Waals surface area contributed by atoms with E-state index in [1.165, 1.54) is 0 Å². The predicted molar refractivity (Wildman–Crippen MR) is 92.7 cm³/mol. The largest absolute Gasteiger partial charge is 0.348 e. The molecule has 6 heteroatoms. The third-order valence-electron chi connectivity index (χ3n) is 4.13. The zero-order valence-corrected chi connectivity index (χ0v) is 14.0. The molecule has 0 unspecified atom stereocenters. The zero-order chi connectivity index (χ0) is 17.1. The lowest BCUT2D eigenvalue weighted by atomic mass is 10.1. The number of halogens is 1. The van der Waals surface area contributed by atoms with Crippen molar-refractivity contribution in [3.63, 3.8) is 0 Å². The third kappa shape index (κ3) is 3.41. The van der Waals surface area contributed by atoms with Crippen LogP contribution in [0.5, 0.6) is 0 Å². The first kappa shape index (κ1) is 16.5. The van der Waals surface area contributed by atoms with Crippen LogP contribution in [0.3, 0.4) is 0 Å². The van der Waals surface area contributed by atoms with Crippen molar-refractivity contribution >= 4 is 29.1 Å². The first-order valence-corrected chi connectivity index (χ1v) is 8.20. The van der Waals surface area contributed by atoms with E-state index in [1.54, 1.807) is 23.2 Å². The highest BCUT2D eigenvalue weighted by Gasteiger charge is 2.36. The molecule has 1 aromatic carbocycles. The maximum Gasteiger partial charge on any atom is 0.227 e. The number of carbonyl (C=O) groups excluding carboxylic acids is 2. The first-order chi connectivity index (χ1) is 11.6. The van der Waals surface area contributed by atoms with Crippen molar-refractivity contribution in [3.05, 3.63) is 59.4 Å². The van der Waals surface area contributed by atoms with Gasteiger partial charge in [-0.3, -0.25) is 14.6 Å². The summed E-state index contributed by atoms with van der Waals surface area (Å²) in [6.07, 6.45) is 1.88. The normalized spacial score (nSPS) is 18.5. The molecule has 24 heavy (non-hydrogen) atoms. The van der Waals surface area contributed by atoms with Crippen LogP contribution in [-0.4, -0.2) is 23.3 Å². The summed E-state index contributed by atoms with van der Waals surface area (Å²) in [6.45, 7) is 2.21. The molecule has 124 valence electrons. The first-order valence-electron chi connectivity index (χ1n) is 7.82. The summed E-state index contributed by atoms with van der Waals surface area (Å²) in [5.74, 6) is -0.621. The van der Waals surface area contributed by atoms with Gasteiger partial charge in [-0.1, -0.05) is 29.8 Å². The van der Waals surface area contributed by atoms with E-state index in [2.05, 4.69) is 10.3 Å². The van der Waals surface area contributed by atoms with E-state index in [1.807, 2.05) is 37.3 Å². The summed E-state index contributed by atoms with van der Waals surface area (Å²) < 4.78 is 0. The number of para-hydroxylation sites is 1. The lowest BCUT2D eigenvalue weighted by molar-refractivity contribution is -0.126. The van der Waals surface area contributed by atoms with E-state index in [0.717, 1.165) is 5.69 Å². The summed E-state index contributed by atoms with van der Waals surface area (Å²) in [7, 11) is 0. The van der Waals surface area contributed by atoms with E-state index in [0.29, 0.717) is 17.3 Å². The predicted octanol–water partition coefficient (Wildman–Crippen LogP) is 2.97. The molecule has 2 heterocycles. The zero-order valence-electron chi connectivity index (χ0n) is 13.3. The summed E-state index contributed by atoms with van der Waals surface area (Å²) in [4.78, 5) is 30.6. The van der Waals surface area contributed by atoms with E-state index >= 15 is 0 Å². The van der Waals surface area contributed by atoms with E-state index in [4.69, 9.17) is 11.6 Å². The molecule has 1 aliphatic heterocycles. The Hall–Kier alpha value is -2.40. The van der Waals surface area contributed by atoms with Gasteiger partial charge in [0.2, 0.25) is 11.8 Å². The molecule has 2 atom stereocenters. The quantitative estimate of drug-likeness (QED) is 0.928. The van der Waals surface area contributed by atoms with Gasteiger partial charge in [0.15, 0.2) is 0 Å². The smallest absolute Gasteiger partial charge is 0.227 e. The number of aromatic nitrogens is 1. The Balaban J connectivity index is 1.67. The second-order valence-corrected chi connectivity index (χ2v) is 6.25. The molecular formula is C18H18ClN3O2. The third-order valence-corrected chi connectivity index (χ3v) is 4.45. The molecule has 1 fully saturated rings. The number of benzene rings is 1. The van der Waals surface area contributed by atoms with Crippen molar-refractivity contribution in [1.82, 2.24) is 10.3 Å². The van der Waals surface area contributed by atoms with Crippen molar-refractivity contribution in [2.24, 2.45) is 5.92 Å². The molecule has 3 rings (SSSR count). The summed E-state index contributed by atoms with van der Waals surface area (Å²) in [6, 6.07) is 12.5. The number of carbonyl (C=O) groups is 2. The van der Waals surface area contributed by atoms with Crippen LogP contribution in [0.15, 0.2) is 48.7 Å². The molecule has 2 amide bonds. The fraction of sp³-hybridized carbons (Fsp3) is 0.278. The molecular weight excluding hydrogens is 326 g/mol. The van der Waals surface area contributed by atoms with Gasteiger partial charge >= 0.3 is 0 Å². The highest BCUT2D eigenvalue weighted by molar-refractivity contribution is 6.33. The molecule has 0 bridgehead atoms. The highest BCUT2D eigenvalue weighted by atomic mass is 35.5. The van der Waals surface area contributed by atoms with Crippen LogP contribution >= 0.6 is 11.6 Å². The molecule has 0 radical (unpaired) electrons. The van der Waals surface area contributed by atoms with Crippen molar-refractivity contribution < 1.29 is 9.59 Å². The Morgan fingerprint density at radius 1 is 1.29 bits per heavy atom. The van der Waals surface area contributed by atoms with Gasteiger partial charge in [0.1, 0.15) is 0 Å². The standard InChI is InChI=1S/C18H18ClN3O2/c1-12(15-7-4-5-9-20-15)21-18(24)13-10-17(23)22(11-13)16-8-3-2-6-14(16)19/h2-9,12-13H,10-11H2,1H3,(H,21,24)/t12-,13-/m1/s1. The maximum atomic E-state index is 12.5. The van der Waals surface area contributed by atoms with Gasteiger partial charge in [-0.05, 0) is 31.2 Å². The van der Waals surface area contributed by atoms with Crippen LogP contribution in [0, 0.1) is 5.92 Å². The van der Waals surface area contributed by atoms with Crippen LogP contribution in [-0.2, 0) is 9.59 Å². The number of amides is 2. The molecule has 2 aromatic rings. The Morgan fingerprint density at radius 2 is 2.04 bits per heavy atom. The molecule has 0 saturated carbocycles. The summed E-state index contributed by atoms with van der Waals surface area (Å²) in [5.41, 5.74) is 1.44. The van der Waals surface area contributed by atoms with Gasteiger partial charge in [-0.15, -0.1) is 0 Å². The van der Waals surface area contributed by atoms with Crippen molar-refractivity contribution in [1.29, 1.82) is 0 Å². The maximum absolute atomic E-state index is 12.5. The van der Waals surface area contributed by atoms with Crippen molar-refractivity contribution in [2.45, 2.75) is 19.4 Å². The number of nitrogens with one attached hydrogen (secondary N) is 1. The highest BCUT2D eigenvalue weighted by Crippen LogP contribution is 2.31. The van der Waals surface area contributed by atoms with Gasteiger partial charge < -0.3 is 10.2 Å². The Morgan fingerprint density at radius 3 is 2.75 bits per heavy atom. The molecule has 1 N–H and O–H groups in total.